The van der Waals surface area contributed by atoms with Gasteiger partial charge in [0.05, 0.1) is 7.59 Å². The van der Waals surface area contributed by atoms with Crippen molar-refractivity contribution >= 4 is 23.7 Å². The van der Waals surface area contributed by atoms with Crippen LogP contribution in [0.15, 0.2) is 24.6 Å². The van der Waals surface area contributed by atoms with Crippen LogP contribution < -0.4 is 0 Å². The van der Waals surface area contributed by atoms with E-state index in [9.17, 15) is 0 Å². The van der Waals surface area contributed by atoms with Crippen LogP contribution in [-0.2, 0) is 4.12 Å². The second-order valence-electron chi connectivity index (χ2n) is 5.35. The van der Waals surface area contributed by atoms with Gasteiger partial charge >= 0.3 is 0 Å². The van der Waals surface area contributed by atoms with Crippen LogP contribution in [0.3, 0.4) is 0 Å². The Labute approximate surface area is 91.9 Å². The summed E-state index contributed by atoms with van der Waals surface area (Å²) in [7, 11) is -4.57. The first-order chi connectivity index (χ1) is 6.08. The topological polar surface area (TPSA) is 9.23 Å². The van der Waals surface area contributed by atoms with E-state index in [-0.39, 0.29) is 0 Å². The molecule has 0 N–H and O–H groups in total. The Morgan fingerprint density at radius 3 is 1.57 bits per heavy atom. The molecular weight excluding hydrogens is 220 g/mol. The summed E-state index contributed by atoms with van der Waals surface area (Å²) in [4.78, 5) is 0. The van der Waals surface area contributed by atoms with Gasteiger partial charge in [-0.1, -0.05) is 18.8 Å². The normalized spacial score (nSPS) is 13.9. The van der Waals surface area contributed by atoms with E-state index in [1.165, 1.54) is 0 Å². The van der Waals surface area contributed by atoms with Crippen LogP contribution >= 0.6 is 0 Å². The Morgan fingerprint density at radius 2 is 1.29 bits per heavy atom. The maximum absolute atomic E-state index is 6.38. The number of hydrogen-bond donors (Lipinski definition) is 0. The highest BCUT2D eigenvalue weighted by Gasteiger charge is 2.43. The van der Waals surface area contributed by atoms with Gasteiger partial charge in [-0.3, -0.25) is 0 Å². The molecule has 0 saturated carbocycles. The molecule has 14 heavy (non-hydrogen) atoms. The van der Waals surface area contributed by atoms with Crippen LogP contribution in [0.25, 0.3) is 0 Å². The van der Waals surface area contributed by atoms with Crippen LogP contribution in [0, 0.1) is 0 Å². The molecule has 0 saturated heterocycles. The largest absolute Gasteiger partial charge is 0.455 e. The van der Waals surface area contributed by atoms with Crippen LogP contribution in [0.4, 0.5) is 0 Å². The zero-order valence-electron chi connectivity index (χ0n) is 10.5. The van der Waals surface area contributed by atoms with Gasteiger partial charge in [-0.05, 0) is 26.2 Å². The molecular formula is C10H24OSi3. The molecule has 0 amide bonds. The van der Waals surface area contributed by atoms with Crippen LogP contribution in [0.2, 0.25) is 39.3 Å². The lowest BCUT2D eigenvalue weighted by Gasteiger charge is -2.40. The zero-order valence-corrected chi connectivity index (χ0v) is 13.5. The van der Waals surface area contributed by atoms with Gasteiger partial charge in [0.2, 0.25) is 0 Å². The molecule has 0 aliphatic heterocycles. The van der Waals surface area contributed by atoms with Gasteiger partial charge in [0.15, 0.2) is 16.2 Å². The second kappa shape index (κ2) is 4.30. The van der Waals surface area contributed by atoms with Crippen molar-refractivity contribution in [3.8, 4) is 0 Å². The van der Waals surface area contributed by atoms with Gasteiger partial charge in [-0.25, -0.2) is 0 Å². The molecule has 0 radical (unpaired) electrons. The average Bonchev–Trinajstić information content (AvgIpc) is 2.02. The molecule has 1 nitrogen and oxygen atoms in total. The lowest BCUT2D eigenvalue weighted by molar-refractivity contribution is 0.576. The molecule has 0 unspecified atom stereocenters. The predicted molar refractivity (Wildman–Crippen MR) is 73.9 cm³/mol. The molecule has 0 aromatic carbocycles. The summed E-state index contributed by atoms with van der Waals surface area (Å²) in [5.74, 6) is 0. The predicted octanol–water partition coefficient (Wildman–Crippen LogP) is 3.65. The Bertz CT molecular complexity index is 232. The van der Waals surface area contributed by atoms with Gasteiger partial charge in [0, 0.05) is 0 Å². The van der Waals surface area contributed by atoms with Crippen LogP contribution in [0.5, 0.6) is 0 Å². The first-order valence-electron chi connectivity index (χ1n) is 5.05. The van der Waals surface area contributed by atoms with Crippen molar-refractivity contribution in [3.63, 3.8) is 0 Å². The molecule has 0 rings (SSSR count). The molecule has 0 spiro atoms. The molecule has 0 aromatic rings. The minimum absolute atomic E-state index is 1.36. The fourth-order valence-corrected chi connectivity index (χ4v) is 14.4. The third-order valence-corrected chi connectivity index (χ3v) is 23.2. The lowest BCUT2D eigenvalue weighted by Crippen LogP contribution is -2.60. The second-order valence-corrected chi connectivity index (χ2v) is 24.1. The molecule has 0 atom stereocenters. The van der Waals surface area contributed by atoms with E-state index < -0.39 is 23.7 Å². The van der Waals surface area contributed by atoms with E-state index in [1.54, 1.807) is 0 Å². The third kappa shape index (κ3) is 3.34. The van der Waals surface area contributed by atoms with Crippen molar-refractivity contribution in [2.45, 2.75) is 39.3 Å². The maximum Gasteiger partial charge on any atom is 0.197 e. The lowest BCUT2D eigenvalue weighted by atomic mass is 11.3. The SMILES string of the molecule is C=C[Si](C)(C)O[Si](C)(C)[Si](C)(C)C=C. The molecule has 0 heterocycles. The Hall–Kier alpha value is 0.0906. The highest BCUT2D eigenvalue weighted by Crippen LogP contribution is 2.25. The molecule has 0 fully saturated rings. The fraction of sp³-hybridized carbons (Fsp3) is 0.600. The van der Waals surface area contributed by atoms with Crippen LogP contribution in [0.1, 0.15) is 0 Å². The van der Waals surface area contributed by atoms with Gasteiger partial charge < -0.3 is 4.12 Å². The van der Waals surface area contributed by atoms with Crippen molar-refractivity contribution in [2.75, 3.05) is 0 Å². The highest BCUT2D eigenvalue weighted by atomic mass is 29.3. The Balaban J connectivity index is 4.81. The summed E-state index contributed by atoms with van der Waals surface area (Å²) >= 11 is 0. The smallest absolute Gasteiger partial charge is 0.197 e. The van der Waals surface area contributed by atoms with E-state index in [0.29, 0.717) is 0 Å². The number of rotatable bonds is 5. The molecule has 0 aliphatic rings. The maximum atomic E-state index is 6.38. The van der Waals surface area contributed by atoms with E-state index in [2.05, 4.69) is 58.1 Å². The summed E-state index contributed by atoms with van der Waals surface area (Å²) in [5.41, 5.74) is 4.18. The van der Waals surface area contributed by atoms with Crippen molar-refractivity contribution in [2.24, 2.45) is 0 Å². The van der Waals surface area contributed by atoms with Gasteiger partial charge in [-0.2, -0.15) is 0 Å². The van der Waals surface area contributed by atoms with Crippen molar-refractivity contribution in [1.82, 2.24) is 0 Å². The molecule has 4 heteroatoms. The summed E-state index contributed by atoms with van der Waals surface area (Å²) < 4.78 is 6.38. The fourth-order valence-electron chi connectivity index (χ4n) is 1.08. The monoisotopic (exact) mass is 244 g/mol. The van der Waals surface area contributed by atoms with Gasteiger partial charge in [-0.15, -0.1) is 18.9 Å². The molecule has 82 valence electrons. The van der Waals surface area contributed by atoms with E-state index >= 15 is 0 Å². The Kier molecular flexibility index (Phi) is 4.33. The van der Waals surface area contributed by atoms with Crippen LogP contribution in [-0.4, -0.2) is 23.7 Å². The van der Waals surface area contributed by atoms with E-state index in [0.717, 1.165) is 0 Å². The summed E-state index contributed by atoms with van der Waals surface area (Å²) in [5, 5.41) is 0. The third-order valence-electron chi connectivity index (χ3n) is 3.07. The quantitative estimate of drug-likeness (QED) is 0.671. The average molecular weight is 245 g/mol. The molecule has 0 bridgehead atoms. The summed E-state index contributed by atoms with van der Waals surface area (Å²) in [6.45, 7) is 21.6. The standard InChI is InChI=1S/C10H24OSi3/c1-9-12(3,4)11-14(7,8)13(5,6)10-2/h9-10H,1-2H2,3-8H3. The first kappa shape index (κ1) is 14.1. The van der Waals surface area contributed by atoms with E-state index in [1.807, 2.05) is 5.70 Å². The molecule has 0 aliphatic carbocycles. The first-order valence-corrected chi connectivity index (χ1v) is 15.0. The van der Waals surface area contributed by atoms with Crippen molar-refractivity contribution in [3.05, 3.63) is 24.6 Å². The minimum Gasteiger partial charge on any atom is -0.455 e. The van der Waals surface area contributed by atoms with Gasteiger partial charge in [0.25, 0.3) is 0 Å². The minimum atomic E-state index is -1.63. The van der Waals surface area contributed by atoms with Crippen molar-refractivity contribution in [1.29, 1.82) is 0 Å². The summed E-state index contributed by atoms with van der Waals surface area (Å²) in [6, 6.07) is 0. The van der Waals surface area contributed by atoms with Gasteiger partial charge in [0.1, 0.15) is 0 Å². The zero-order chi connectivity index (χ0) is 11.6. The van der Waals surface area contributed by atoms with E-state index in [4.69, 9.17) is 4.12 Å². The molecule has 0 aromatic heterocycles. The Morgan fingerprint density at radius 1 is 0.857 bits per heavy atom. The summed E-state index contributed by atoms with van der Waals surface area (Å²) in [6.07, 6.45) is 0. The van der Waals surface area contributed by atoms with Crippen molar-refractivity contribution < 1.29 is 4.12 Å². The number of hydrogen-bond acceptors (Lipinski definition) is 1. The highest BCUT2D eigenvalue weighted by molar-refractivity contribution is 7.41.